The fourth-order valence-corrected chi connectivity index (χ4v) is 7.28. The molecular weight excluding hydrogens is 517 g/mol. The molecule has 5 unspecified atom stereocenters. The second-order valence-electron chi connectivity index (χ2n) is 12.2. The number of quaternary nitrogens is 1. The highest BCUT2D eigenvalue weighted by molar-refractivity contribution is 7.48. The van der Waals surface area contributed by atoms with Crippen molar-refractivity contribution in [2.45, 2.75) is 154 Å². The van der Waals surface area contributed by atoms with Crippen molar-refractivity contribution in [1.82, 2.24) is 0 Å². The van der Waals surface area contributed by atoms with Crippen molar-refractivity contribution in [3.8, 4) is 0 Å². The van der Waals surface area contributed by atoms with Crippen molar-refractivity contribution in [1.29, 1.82) is 0 Å². The smallest absolute Gasteiger partial charge is 0.457 e. The molecule has 0 spiro atoms. The minimum Gasteiger partial charge on any atom is -0.457 e. The lowest BCUT2D eigenvalue weighted by atomic mass is 10.0. The number of nitrogens with zero attached hydrogens (tertiary/aromatic N) is 1. The highest BCUT2D eigenvalue weighted by Crippen LogP contribution is 2.60. The van der Waals surface area contributed by atoms with E-state index in [1.54, 1.807) is 0 Å². The highest BCUT2D eigenvalue weighted by atomic mass is 31.2. The topological polar surface area (TPSA) is 80.3 Å². The van der Waals surface area contributed by atoms with Gasteiger partial charge < -0.3 is 14.0 Å². The van der Waals surface area contributed by atoms with E-state index in [4.69, 9.17) is 23.0 Å². The van der Waals surface area contributed by atoms with Crippen LogP contribution < -0.4 is 0 Å². The van der Waals surface area contributed by atoms with Crippen LogP contribution in [0.15, 0.2) is 0 Å². The Balaban J connectivity index is 1.58. The number of likely N-dealkylation sites (N-methyl/N-ethyl adjacent to an activating group) is 1. The lowest BCUT2D eigenvalue weighted by Crippen LogP contribution is -2.52. The number of fused-ring (bicyclic) bond motifs is 1. The molecule has 0 aromatic heterocycles. The first-order valence-electron chi connectivity index (χ1n) is 15.9. The fraction of sp³-hybridized carbons (Fsp3) is 0.967. The molecule has 230 valence electrons. The monoisotopic (exact) mass is 576 g/mol. The standard InChI is InChI=1S/C30H59NO7P/c1-6-7-8-9-10-11-12-13-14-15-16-17-18-21-24-34-26(2)29(36-27(3)32)25-35-39(33)37-28-22-19-20-23-31(4,5)30(28)38-39/h26,28-30H,6-25H2,1-5H3/q+1. The summed E-state index contributed by atoms with van der Waals surface area (Å²) < 4.78 is 42.6. The van der Waals surface area contributed by atoms with Crippen LogP contribution in [0.4, 0.5) is 0 Å². The summed E-state index contributed by atoms with van der Waals surface area (Å²) in [5.41, 5.74) is 0. The van der Waals surface area contributed by atoms with Gasteiger partial charge in [0, 0.05) is 13.5 Å². The van der Waals surface area contributed by atoms with Crippen LogP contribution >= 0.6 is 7.82 Å². The number of hydrogen-bond acceptors (Lipinski definition) is 7. The van der Waals surface area contributed by atoms with E-state index in [1.807, 2.05) is 6.92 Å². The number of carbonyl (C=O) groups excluding carboxylic acids is 1. The van der Waals surface area contributed by atoms with Crippen molar-refractivity contribution in [3.63, 3.8) is 0 Å². The third-order valence-corrected chi connectivity index (χ3v) is 9.57. The maximum atomic E-state index is 13.2. The van der Waals surface area contributed by atoms with Crippen LogP contribution in [-0.4, -0.2) is 68.8 Å². The number of ether oxygens (including phenoxy) is 2. The third kappa shape index (κ3) is 13.8. The van der Waals surface area contributed by atoms with Crippen molar-refractivity contribution in [3.05, 3.63) is 0 Å². The van der Waals surface area contributed by atoms with E-state index in [0.717, 1.165) is 38.6 Å². The number of likely N-dealkylation sites (tertiary alicyclic amines) is 1. The molecule has 5 atom stereocenters. The van der Waals surface area contributed by atoms with E-state index in [0.29, 0.717) is 11.1 Å². The number of carbonyl (C=O) groups is 1. The zero-order valence-electron chi connectivity index (χ0n) is 25.7. The van der Waals surface area contributed by atoms with Gasteiger partial charge in [0.05, 0.1) is 33.4 Å². The summed E-state index contributed by atoms with van der Waals surface area (Å²) in [6.45, 7) is 6.92. The van der Waals surface area contributed by atoms with Gasteiger partial charge >= 0.3 is 13.8 Å². The average Bonchev–Trinajstić information content (AvgIpc) is 3.17. The first-order valence-corrected chi connectivity index (χ1v) is 17.4. The molecule has 39 heavy (non-hydrogen) atoms. The van der Waals surface area contributed by atoms with Crippen LogP contribution in [-0.2, 0) is 32.4 Å². The summed E-state index contributed by atoms with van der Waals surface area (Å²) in [4.78, 5) is 11.7. The normalized spacial score (nSPS) is 26.1. The lowest BCUT2D eigenvalue weighted by Gasteiger charge is -2.34. The average molecular weight is 577 g/mol. The zero-order valence-corrected chi connectivity index (χ0v) is 26.6. The maximum absolute atomic E-state index is 13.2. The Morgan fingerprint density at radius 1 is 0.897 bits per heavy atom. The van der Waals surface area contributed by atoms with Gasteiger partial charge in [0.25, 0.3) is 0 Å². The third-order valence-electron chi connectivity index (χ3n) is 8.10. The van der Waals surface area contributed by atoms with Crippen LogP contribution in [0.25, 0.3) is 0 Å². The quantitative estimate of drug-likeness (QED) is 0.0594. The number of unbranched alkanes of at least 4 members (excludes halogenated alkanes) is 13. The van der Waals surface area contributed by atoms with E-state index in [9.17, 15) is 9.36 Å². The Morgan fingerprint density at radius 3 is 2.03 bits per heavy atom. The van der Waals surface area contributed by atoms with Gasteiger partial charge in [-0.3, -0.25) is 13.8 Å². The van der Waals surface area contributed by atoms with Gasteiger partial charge in [0.1, 0.15) is 6.10 Å². The number of phosphoric ester groups is 1. The predicted octanol–water partition coefficient (Wildman–Crippen LogP) is 7.93. The molecule has 2 rings (SSSR count). The molecule has 2 heterocycles. The summed E-state index contributed by atoms with van der Waals surface area (Å²) in [5, 5.41) is 0. The summed E-state index contributed by atoms with van der Waals surface area (Å²) in [7, 11) is 0.396. The molecule has 2 fully saturated rings. The second-order valence-corrected chi connectivity index (χ2v) is 13.8. The lowest BCUT2D eigenvalue weighted by molar-refractivity contribution is -0.933. The van der Waals surface area contributed by atoms with Gasteiger partial charge in [-0.25, -0.2) is 9.09 Å². The van der Waals surface area contributed by atoms with Crippen molar-refractivity contribution in [2.24, 2.45) is 0 Å². The SMILES string of the molecule is CCCCCCCCCCCCCCCCOC(C)C(COP1(=O)OC2CCCC[N+](C)(C)C2O1)OC(C)=O. The van der Waals surface area contributed by atoms with Gasteiger partial charge in [-0.15, -0.1) is 0 Å². The zero-order chi connectivity index (χ0) is 28.6. The molecule has 0 aromatic carbocycles. The van der Waals surface area contributed by atoms with Crippen molar-refractivity contribution >= 4 is 13.8 Å². The van der Waals surface area contributed by atoms with Gasteiger partial charge in [0.15, 0.2) is 6.10 Å². The molecule has 9 heteroatoms. The van der Waals surface area contributed by atoms with Gasteiger partial charge in [-0.2, -0.15) is 0 Å². The second kappa shape index (κ2) is 18.8. The number of phosphoric acid groups is 1. The molecule has 8 nitrogen and oxygen atoms in total. The van der Waals surface area contributed by atoms with Crippen LogP contribution in [0.1, 0.15) is 130 Å². The summed E-state index contributed by atoms with van der Waals surface area (Å²) in [6, 6.07) is 0. The van der Waals surface area contributed by atoms with Crippen LogP contribution in [0.5, 0.6) is 0 Å². The largest absolute Gasteiger partial charge is 0.480 e. The van der Waals surface area contributed by atoms with Crippen molar-refractivity contribution in [2.75, 3.05) is 33.9 Å². The van der Waals surface area contributed by atoms with Gasteiger partial charge in [-0.05, 0) is 32.6 Å². The highest BCUT2D eigenvalue weighted by Gasteiger charge is 2.54. The van der Waals surface area contributed by atoms with E-state index in [-0.39, 0.29) is 25.0 Å². The predicted molar refractivity (Wildman–Crippen MR) is 155 cm³/mol. The summed E-state index contributed by atoms with van der Waals surface area (Å²) >= 11 is 0. The maximum Gasteiger partial charge on any atom is 0.480 e. The van der Waals surface area contributed by atoms with E-state index >= 15 is 0 Å². The van der Waals surface area contributed by atoms with Gasteiger partial charge in [0.2, 0.25) is 6.23 Å². The number of hydrogen-bond donors (Lipinski definition) is 0. The molecule has 0 bridgehead atoms. The molecule has 0 aromatic rings. The first-order chi connectivity index (χ1) is 18.7. The van der Waals surface area contributed by atoms with Gasteiger partial charge in [-0.1, -0.05) is 90.4 Å². The Hall–Kier alpha value is -0.500. The van der Waals surface area contributed by atoms with Crippen LogP contribution in [0.2, 0.25) is 0 Å². The fourth-order valence-electron chi connectivity index (χ4n) is 5.59. The Morgan fingerprint density at radius 2 is 1.46 bits per heavy atom. The van der Waals surface area contributed by atoms with E-state index in [2.05, 4.69) is 21.0 Å². The van der Waals surface area contributed by atoms with Crippen LogP contribution in [0.3, 0.4) is 0 Å². The Kier molecular flexibility index (Phi) is 16.8. The molecule has 2 aliphatic rings. The first kappa shape index (κ1) is 34.7. The Labute approximate surface area is 239 Å². The number of rotatable bonds is 21. The minimum atomic E-state index is -3.74. The van der Waals surface area contributed by atoms with Crippen molar-refractivity contribution < 1.29 is 36.9 Å². The molecule has 0 N–H and O–H groups in total. The molecule has 0 saturated carbocycles. The van der Waals surface area contributed by atoms with E-state index < -0.39 is 19.9 Å². The molecule has 0 aliphatic carbocycles. The summed E-state index contributed by atoms with van der Waals surface area (Å²) in [5.74, 6) is -0.426. The summed E-state index contributed by atoms with van der Waals surface area (Å²) in [6.07, 6.45) is 19.6. The molecular formula is C30H59NO7P+. The Bertz CT molecular complexity index is 719. The molecule has 0 radical (unpaired) electrons. The number of esters is 1. The molecule has 2 saturated heterocycles. The molecule has 0 amide bonds. The van der Waals surface area contributed by atoms with Crippen LogP contribution in [0, 0.1) is 0 Å². The minimum absolute atomic E-state index is 0.0936. The van der Waals surface area contributed by atoms with E-state index in [1.165, 1.54) is 84.0 Å². The molecule has 2 aliphatic heterocycles.